The molecule has 1 fully saturated rings. The molecule has 1 aliphatic rings. The summed E-state index contributed by atoms with van der Waals surface area (Å²) in [4.78, 5) is 4.81. The number of fused-ring (bicyclic) bond motifs is 1. The van der Waals surface area contributed by atoms with Gasteiger partial charge < -0.3 is 29.2 Å². The maximum absolute atomic E-state index is 15.1. The summed E-state index contributed by atoms with van der Waals surface area (Å²) in [6.45, 7) is 8.96. The average Bonchev–Trinajstić information content (AvgIpc) is 3.23. The Bertz CT molecular complexity index is 1320. The zero-order valence-electron chi connectivity index (χ0n) is 23.1. The first-order valence-corrected chi connectivity index (χ1v) is 17.9. The van der Waals surface area contributed by atoms with Gasteiger partial charge in [-0.3, -0.25) is 0 Å². The molecule has 2 N–H and O–H groups in total. The van der Waals surface area contributed by atoms with Gasteiger partial charge in [0.25, 0.3) is 0 Å². The summed E-state index contributed by atoms with van der Waals surface area (Å²) in [7, 11) is -1.23. The van der Waals surface area contributed by atoms with Crippen LogP contribution in [0.4, 0.5) is 14.5 Å². The molecular weight excluding hydrogens is 576 g/mol. The third kappa shape index (κ3) is 7.77. The lowest BCUT2D eigenvalue weighted by Crippen LogP contribution is -2.33. The van der Waals surface area contributed by atoms with Crippen LogP contribution < -0.4 is 10.1 Å². The summed E-state index contributed by atoms with van der Waals surface area (Å²) in [5, 5.41) is 13.6. The number of anilines is 1. The lowest BCUT2D eigenvalue weighted by molar-refractivity contribution is -0.0194. The van der Waals surface area contributed by atoms with Crippen LogP contribution >= 0.6 is 23.8 Å². The lowest BCUT2D eigenvalue weighted by Gasteiger charge is -2.35. The molecule has 2 aromatic heterocycles. The molecule has 0 spiro atoms. The van der Waals surface area contributed by atoms with Gasteiger partial charge in [-0.1, -0.05) is 43.5 Å². The van der Waals surface area contributed by atoms with E-state index in [9.17, 15) is 5.11 Å². The monoisotopic (exact) mass is 611 g/mol. The number of rotatable bonds is 12. The maximum atomic E-state index is 15.1. The molecule has 218 valence electrons. The van der Waals surface area contributed by atoms with Gasteiger partial charge in [0.2, 0.25) is 0 Å². The lowest BCUT2D eigenvalue weighted by atomic mass is 9.77. The Labute approximate surface area is 244 Å². The van der Waals surface area contributed by atoms with E-state index in [2.05, 4.69) is 29.9 Å². The van der Waals surface area contributed by atoms with Crippen LogP contribution in [0.5, 0.6) is 11.5 Å². The van der Waals surface area contributed by atoms with Gasteiger partial charge in [-0.05, 0) is 43.2 Å². The van der Waals surface area contributed by atoms with Crippen LogP contribution in [0.1, 0.15) is 25.7 Å². The van der Waals surface area contributed by atoms with Crippen molar-refractivity contribution in [3.63, 3.8) is 0 Å². The summed E-state index contributed by atoms with van der Waals surface area (Å²) < 4.78 is 48.8. The minimum absolute atomic E-state index is 0.0512. The van der Waals surface area contributed by atoms with Crippen LogP contribution in [0.3, 0.4) is 0 Å². The van der Waals surface area contributed by atoms with Gasteiger partial charge in [0.05, 0.1) is 15.4 Å². The standard InChI is InChI=1S/C28H36ClF2N3O4SSi/c1-40(2,3)13-12-37-18-34-16-20(29)25-23(5-9-32-27(25)34)38-26-21(30)14-19(15-22(26)31)33-24(39)4-6-28(17-35)7-10-36-11-8-28/h5,9,14-16,35H,4,6-8,10-13,17-18H2,1-3H3,(H,33,39). The molecule has 1 aliphatic heterocycles. The normalized spacial score (nSPS) is 15.4. The van der Waals surface area contributed by atoms with Crippen LogP contribution in [0.15, 0.2) is 30.6 Å². The van der Waals surface area contributed by atoms with Crippen molar-refractivity contribution in [2.75, 3.05) is 31.7 Å². The van der Waals surface area contributed by atoms with Crippen LogP contribution in [-0.2, 0) is 16.2 Å². The van der Waals surface area contributed by atoms with Gasteiger partial charge in [-0.2, -0.15) is 0 Å². The van der Waals surface area contributed by atoms with Crippen molar-refractivity contribution in [1.82, 2.24) is 9.55 Å². The number of aromatic nitrogens is 2. The van der Waals surface area contributed by atoms with Crippen molar-refractivity contribution in [2.45, 2.75) is 58.1 Å². The van der Waals surface area contributed by atoms with Gasteiger partial charge in [-0.25, -0.2) is 13.8 Å². The second-order valence-corrected chi connectivity index (χ2v) is 18.0. The number of nitrogens with one attached hydrogen (secondary N) is 1. The van der Waals surface area contributed by atoms with Crippen LogP contribution in [-0.4, -0.2) is 54.1 Å². The van der Waals surface area contributed by atoms with Crippen molar-refractivity contribution in [2.24, 2.45) is 5.41 Å². The van der Waals surface area contributed by atoms with Gasteiger partial charge in [0, 0.05) is 64.7 Å². The second-order valence-electron chi connectivity index (χ2n) is 11.5. The summed E-state index contributed by atoms with van der Waals surface area (Å²) >= 11 is 11.9. The van der Waals surface area contributed by atoms with Crippen molar-refractivity contribution in [3.8, 4) is 11.5 Å². The SMILES string of the molecule is C[Si](C)(C)CCOCn1cc(Cl)c2c(Oc3c(F)cc(NC(=S)CCC4(CO)CCOCC4)cc3F)ccnc21. The summed E-state index contributed by atoms with van der Waals surface area (Å²) in [6, 6.07) is 4.81. The Kier molecular flexibility index (Phi) is 10.2. The number of benzene rings is 1. The third-order valence-corrected chi connectivity index (χ3v) is 9.46. The van der Waals surface area contributed by atoms with E-state index in [1.54, 1.807) is 10.8 Å². The summed E-state index contributed by atoms with van der Waals surface area (Å²) in [5.41, 5.74) is 0.427. The van der Waals surface area contributed by atoms with Crippen molar-refractivity contribution in [3.05, 3.63) is 47.2 Å². The van der Waals surface area contributed by atoms with E-state index in [-0.39, 0.29) is 30.2 Å². The Morgan fingerprint density at radius 2 is 1.95 bits per heavy atom. The molecule has 0 atom stereocenters. The van der Waals surface area contributed by atoms with Gasteiger partial charge in [0.15, 0.2) is 17.4 Å². The predicted molar refractivity (Wildman–Crippen MR) is 160 cm³/mol. The first-order valence-electron chi connectivity index (χ1n) is 13.4. The summed E-state index contributed by atoms with van der Waals surface area (Å²) in [5.74, 6) is -2.16. The second kappa shape index (κ2) is 13.2. The first-order chi connectivity index (χ1) is 19.0. The molecular formula is C28H36ClF2N3O4SSi. The summed E-state index contributed by atoms with van der Waals surface area (Å²) in [6.07, 6.45) is 5.80. The molecule has 0 radical (unpaired) electrons. The Morgan fingerprint density at radius 3 is 2.60 bits per heavy atom. The highest BCUT2D eigenvalue weighted by molar-refractivity contribution is 7.80. The molecule has 0 saturated carbocycles. The molecule has 1 aromatic carbocycles. The fourth-order valence-electron chi connectivity index (χ4n) is 4.60. The average molecular weight is 612 g/mol. The fraction of sp³-hybridized carbons (Fsp3) is 0.500. The number of ether oxygens (including phenoxy) is 3. The number of aliphatic hydroxyl groups excluding tert-OH is 1. The molecule has 7 nitrogen and oxygen atoms in total. The Morgan fingerprint density at radius 1 is 1.25 bits per heavy atom. The zero-order chi connectivity index (χ0) is 28.9. The minimum atomic E-state index is -1.23. The van der Waals surface area contributed by atoms with E-state index in [0.29, 0.717) is 53.7 Å². The van der Waals surface area contributed by atoms with E-state index in [4.69, 9.17) is 38.0 Å². The predicted octanol–water partition coefficient (Wildman–Crippen LogP) is 7.38. The smallest absolute Gasteiger partial charge is 0.198 e. The largest absolute Gasteiger partial charge is 0.450 e. The molecule has 0 bridgehead atoms. The Balaban J connectivity index is 1.44. The topological polar surface area (TPSA) is 77.8 Å². The number of aliphatic hydroxyl groups is 1. The molecule has 4 rings (SSSR count). The number of halogens is 3. The highest BCUT2D eigenvalue weighted by atomic mass is 35.5. The van der Waals surface area contributed by atoms with Crippen molar-refractivity contribution >= 4 is 53.6 Å². The third-order valence-electron chi connectivity index (χ3n) is 7.16. The van der Waals surface area contributed by atoms with Crippen LogP contribution in [0.25, 0.3) is 11.0 Å². The number of thiocarbonyl (C=S) groups is 1. The molecule has 0 unspecified atom stereocenters. The number of nitrogens with zero attached hydrogens (tertiary/aromatic N) is 2. The van der Waals surface area contributed by atoms with E-state index in [1.165, 1.54) is 12.3 Å². The quantitative estimate of drug-likeness (QED) is 0.126. The molecule has 1 saturated heterocycles. The van der Waals surface area contributed by atoms with E-state index >= 15 is 8.78 Å². The van der Waals surface area contributed by atoms with Gasteiger partial charge in [0.1, 0.15) is 18.1 Å². The van der Waals surface area contributed by atoms with Crippen molar-refractivity contribution < 1.29 is 28.1 Å². The molecule has 12 heteroatoms. The minimum Gasteiger partial charge on any atom is -0.450 e. The number of pyridine rings is 1. The molecule has 3 heterocycles. The molecule has 0 aliphatic carbocycles. The van der Waals surface area contributed by atoms with Crippen LogP contribution in [0.2, 0.25) is 30.7 Å². The van der Waals surface area contributed by atoms with Crippen LogP contribution in [0, 0.1) is 17.0 Å². The fourth-order valence-corrected chi connectivity index (χ4v) is 5.87. The van der Waals surface area contributed by atoms with E-state index in [0.717, 1.165) is 31.0 Å². The molecule has 3 aromatic rings. The zero-order valence-corrected chi connectivity index (χ0v) is 25.6. The Hall–Kier alpha value is -2.15. The van der Waals surface area contributed by atoms with E-state index in [1.807, 2.05) is 0 Å². The first kappa shape index (κ1) is 30.8. The van der Waals surface area contributed by atoms with Crippen molar-refractivity contribution in [1.29, 1.82) is 0 Å². The van der Waals surface area contributed by atoms with Gasteiger partial charge in [-0.15, -0.1) is 0 Å². The number of hydrogen-bond donors (Lipinski definition) is 2. The highest BCUT2D eigenvalue weighted by Crippen LogP contribution is 2.38. The van der Waals surface area contributed by atoms with E-state index < -0.39 is 25.5 Å². The number of hydrogen-bond acceptors (Lipinski definition) is 6. The maximum Gasteiger partial charge on any atom is 0.198 e. The highest BCUT2D eigenvalue weighted by Gasteiger charge is 2.32. The molecule has 0 amide bonds. The molecule has 40 heavy (non-hydrogen) atoms. The van der Waals surface area contributed by atoms with Gasteiger partial charge >= 0.3 is 0 Å².